The van der Waals surface area contributed by atoms with E-state index < -0.39 is 33.3 Å². The Balaban J connectivity index is 2.65. The van der Waals surface area contributed by atoms with Crippen LogP contribution in [-0.2, 0) is 0 Å². The van der Waals surface area contributed by atoms with Crippen molar-refractivity contribution >= 4 is 17.3 Å². The number of nitro benzene ring substituents is 1. The molecule has 0 fully saturated rings. The zero-order valence-corrected chi connectivity index (χ0v) is 10.3. The van der Waals surface area contributed by atoms with E-state index in [0.29, 0.717) is 11.8 Å². The zero-order valence-electron chi connectivity index (χ0n) is 9.55. The highest BCUT2D eigenvalue weighted by Gasteiger charge is 2.24. The quantitative estimate of drug-likeness (QED) is 0.494. The molecule has 6 nitrogen and oxygen atoms in total. The number of halogens is 3. The van der Waals surface area contributed by atoms with Gasteiger partial charge in [-0.25, -0.2) is 13.5 Å². The maximum Gasteiger partial charge on any atom is 0.298 e. The van der Waals surface area contributed by atoms with Gasteiger partial charge in [0.15, 0.2) is 17.3 Å². The lowest BCUT2D eigenvalue weighted by Crippen LogP contribution is -2.05. The fraction of sp³-hybridized carbons (Fsp3) is 0.200. The predicted molar refractivity (Wildman–Crippen MR) is 62.2 cm³/mol. The fourth-order valence-electron chi connectivity index (χ4n) is 1.46. The van der Waals surface area contributed by atoms with Gasteiger partial charge in [0.2, 0.25) is 0 Å². The first-order valence-electron chi connectivity index (χ1n) is 5.11. The molecule has 0 spiro atoms. The van der Waals surface area contributed by atoms with Gasteiger partial charge >= 0.3 is 0 Å². The lowest BCUT2D eigenvalue weighted by Gasteiger charge is -2.04. The number of hydrogen-bond donors (Lipinski definition) is 0. The van der Waals surface area contributed by atoms with Crippen LogP contribution in [-0.4, -0.2) is 19.9 Å². The summed E-state index contributed by atoms with van der Waals surface area (Å²) in [5, 5.41) is 17.5. The van der Waals surface area contributed by atoms with Crippen LogP contribution in [0.3, 0.4) is 0 Å². The molecule has 0 bridgehead atoms. The van der Waals surface area contributed by atoms with Gasteiger partial charge in [0.1, 0.15) is 5.69 Å². The zero-order chi connectivity index (χ0) is 14.2. The molecule has 1 atom stereocenters. The normalized spacial score (nSPS) is 12.4. The molecule has 9 heteroatoms. The van der Waals surface area contributed by atoms with Gasteiger partial charge in [-0.2, -0.15) is 0 Å². The summed E-state index contributed by atoms with van der Waals surface area (Å²) < 4.78 is 27.7. The molecule has 0 aliphatic rings. The van der Waals surface area contributed by atoms with E-state index in [-0.39, 0.29) is 0 Å². The van der Waals surface area contributed by atoms with Gasteiger partial charge in [-0.3, -0.25) is 10.1 Å². The summed E-state index contributed by atoms with van der Waals surface area (Å²) in [6.45, 7) is 1.60. The number of alkyl halides is 1. The van der Waals surface area contributed by atoms with Gasteiger partial charge in [0.25, 0.3) is 5.69 Å². The van der Waals surface area contributed by atoms with Crippen molar-refractivity contribution in [2.75, 3.05) is 0 Å². The molecule has 100 valence electrons. The first-order chi connectivity index (χ1) is 8.91. The molecule has 0 saturated heterocycles. The van der Waals surface area contributed by atoms with E-state index in [2.05, 4.69) is 10.3 Å². The standard InChI is InChI=1S/C10H7ClF2N4O2/c1-5(11)7-4-16(15-14-7)10-8(17(18)19)3-2-6(12)9(10)13/h2-5H,1H3. The van der Waals surface area contributed by atoms with Gasteiger partial charge in [-0.15, -0.1) is 16.7 Å². The molecule has 1 unspecified atom stereocenters. The van der Waals surface area contributed by atoms with Gasteiger partial charge in [0.05, 0.1) is 16.5 Å². The summed E-state index contributed by atoms with van der Waals surface area (Å²) in [6.07, 6.45) is 1.21. The van der Waals surface area contributed by atoms with Crippen molar-refractivity contribution in [3.05, 3.63) is 45.8 Å². The molecule has 19 heavy (non-hydrogen) atoms. The summed E-state index contributed by atoms with van der Waals surface area (Å²) in [5.41, 5.74) is -0.932. The number of nitro groups is 1. The fourth-order valence-corrected chi connectivity index (χ4v) is 1.56. The second kappa shape index (κ2) is 4.88. The highest BCUT2D eigenvalue weighted by molar-refractivity contribution is 6.20. The maximum absolute atomic E-state index is 13.7. The average molecular weight is 289 g/mol. The largest absolute Gasteiger partial charge is 0.298 e. The van der Waals surface area contributed by atoms with E-state index >= 15 is 0 Å². The van der Waals surface area contributed by atoms with Gasteiger partial charge < -0.3 is 0 Å². The van der Waals surface area contributed by atoms with Crippen LogP contribution in [0.25, 0.3) is 5.69 Å². The maximum atomic E-state index is 13.7. The third-order valence-electron chi connectivity index (χ3n) is 2.39. The van der Waals surface area contributed by atoms with Crippen LogP contribution in [0.4, 0.5) is 14.5 Å². The highest BCUT2D eigenvalue weighted by Crippen LogP contribution is 2.28. The summed E-state index contributed by atoms with van der Waals surface area (Å²) in [4.78, 5) is 10.00. The Morgan fingerprint density at radius 2 is 2.16 bits per heavy atom. The topological polar surface area (TPSA) is 73.8 Å². The molecule has 2 rings (SSSR count). The molecule has 0 amide bonds. The van der Waals surface area contributed by atoms with Gasteiger partial charge in [0, 0.05) is 6.07 Å². The molecule has 1 aromatic heterocycles. The molecule has 0 radical (unpaired) electrons. The SMILES string of the molecule is CC(Cl)c1cn(-c2c([N+](=O)[O-])ccc(F)c2F)nn1. The molecule has 0 N–H and O–H groups in total. The number of rotatable bonds is 3. The lowest BCUT2D eigenvalue weighted by molar-refractivity contribution is -0.384. The molecule has 0 aliphatic heterocycles. The van der Waals surface area contributed by atoms with Crippen molar-refractivity contribution in [1.29, 1.82) is 0 Å². The summed E-state index contributed by atoms with van der Waals surface area (Å²) in [5.74, 6) is -2.58. The van der Waals surface area contributed by atoms with Gasteiger partial charge in [-0.1, -0.05) is 5.21 Å². The summed E-state index contributed by atoms with van der Waals surface area (Å²) >= 11 is 5.76. The van der Waals surface area contributed by atoms with Gasteiger partial charge in [-0.05, 0) is 13.0 Å². The van der Waals surface area contributed by atoms with Crippen molar-refractivity contribution in [2.24, 2.45) is 0 Å². The molecular weight excluding hydrogens is 282 g/mol. The summed E-state index contributed by atoms with van der Waals surface area (Å²) in [6, 6.07) is 1.54. The van der Waals surface area contributed by atoms with E-state index in [0.717, 1.165) is 10.7 Å². The van der Waals surface area contributed by atoms with E-state index in [1.807, 2.05) is 0 Å². The van der Waals surface area contributed by atoms with Crippen LogP contribution < -0.4 is 0 Å². The second-order valence-electron chi connectivity index (χ2n) is 3.69. The second-order valence-corrected chi connectivity index (χ2v) is 4.34. The van der Waals surface area contributed by atoms with Crippen molar-refractivity contribution in [3.8, 4) is 5.69 Å². The number of nitrogens with zero attached hydrogens (tertiary/aromatic N) is 4. The van der Waals surface area contributed by atoms with Crippen LogP contribution in [0.1, 0.15) is 18.0 Å². The molecule has 2 aromatic rings. The third-order valence-corrected chi connectivity index (χ3v) is 2.62. The van der Waals surface area contributed by atoms with Crippen LogP contribution in [0.2, 0.25) is 0 Å². The average Bonchev–Trinajstić information content (AvgIpc) is 2.81. The Kier molecular flexibility index (Phi) is 3.43. The minimum atomic E-state index is -1.37. The first-order valence-corrected chi connectivity index (χ1v) is 5.54. The van der Waals surface area contributed by atoms with Crippen LogP contribution in [0.15, 0.2) is 18.3 Å². The van der Waals surface area contributed by atoms with E-state index in [4.69, 9.17) is 11.6 Å². The molecule has 0 aliphatic carbocycles. The predicted octanol–water partition coefficient (Wildman–Crippen LogP) is 2.75. The van der Waals surface area contributed by atoms with E-state index in [1.165, 1.54) is 6.20 Å². The Hall–Kier alpha value is -2.09. The number of benzene rings is 1. The van der Waals surface area contributed by atoms with Crippen molar-refractivity contribution < 1.29 is 13.7 Å². The Bertz CT molecular complexity index is 644. The molecule has 0 saturated carbocycles. The monoisotopic (exact) mass is 288 g/mol. The van der Waals surface area contributed by atoms with Crippen molar-refractivity contribution in [1.82, 2.24) is 15.0 Å². The minimum absolute atomic E-state index is 0.291. The van der Waals surface area contributed by atoms with Crippen LogP contribution in [0, 0.1) is 21.7 Å². The van der Waals surface area contributed by atoms with Crippen LogP contribution >= 0.6 is 11.6 Å². The Labute approximate surface area is 110 Å². The van der Waals surface area contributed by atoms with E-state index in [9.17, 15) is 18.9 Å². The van der Waals surface area contributed by atoms with Crippen LogP contribution in [0.5, 0.6) is 0 Å². The Morgan fingerprint density at radius 1 is 1.47 bits per heavy atom. The number of hydrogen-bond acceptors (Lipinski definition) is 4. The number of aromatic nitrogens is 3. The third kappa shape index (κ3) is 2.39. The van der Waals surface area contributed by atoms with Crippen molar-refractivity contribution in [2.45, 2.75) is 12.3 Å². The molecule has 1 aromatic carbocycles. The first kappa shape index (κ1) is 13.3. The lowest BCUT2D eigenvalue weighted by atomic mass is 10.2. The highest BCUT2D eigenvalue weighted by atomic mass is 35.5. The van der Waals surface area contributed by atoms with E-state index in [1.54, 1.807) is 6.92 Å². The smallest absolute Gasteiger partial charge is 0.258 e. The Morgan fingerprint density at radius 3 is 2.68 bits per heavy atom. The molecule has 1 heterocycles. The van der Waals surface area contributed by atoms with Crippen molar-refractivity contribution in [3.63, 3.8) is 0 Å². The minimum Gasteiger partial charge on any atom is -0.258 e. The molecular formula is C10H7ClF2N4O2. The summed E-state index contributed by atoms with van der Waals surface area (Å²) in [7, 11) is 0.